The third-order valence-corrected chi connectivity index (χ3v) is 3.84. The van der Waals surface area contributed by atoms with Crippen LogP contribution >= 0.6 is 0 Å². The number of benzene rings is 1. The molecule has 21 heavy (non-hydrogen) atoms. The summed E-state index contributed by atoms with van der Waals surface area (Å²) < 4.78 is 6.87. The third-order valence-electron chi connectivity index (χ3n) is 2.34. The largest absolute Gasteiger partial charge is 0.481 e. The zero-order valence-corrected chi connectivity index (χ0v) is 16.5. The molecular weight excluding hydrogens is 467 g/mol. The number of aliphatic carboxylic acids is 2. The van der Waals surface area contributed by atoms with Crippen LogP contribution in [-0.2, 0) is 9.59 Å². The number of ether oxygens (including phenoxy) is 1. The Morgan fingerprint density at radius 2 is 1.86 bits per heavy atom. The summed E-state index contributed by atoms with van der Waals surface area (Å²) in [7, 11) is 0. The number of rotatable bonds is 7. The molecule has 0 aliphatic carbocycles. The standard InChI is InChI=1S/C9H11O.C5H9NO4.Tl/c1-2-8-10-9-6-4-3-5-7-9;6-3(5(9)10)1-2-4(7)8;/h4-7H,2,8H2,1H3;3H,1-2,6H2,(H,7,8)(H,9,10);. The summed E-state index contributed by atoms with van der Waals surface area (Å²) in [5.41, 5.74) is 5.00. The zero-order chi connectivity index (χ0) is 16.3. The summed E-state index contributed by atoms with van der Waals surface area (Å²) in [5, 5.41) is 16.3. The number of carboxylic acid groups (broad SMARTS) is 2. The minimum absolute atomic E-state index is 0.0231. The number of hydrogen-bond acceptors (Lipinski definition) is 4. The number of hydrogen-bond donors (Lipinski definition) is 3. The van der Waals surface area contributed by atoms with E-state index in [1.165, 1.54) is 3.12 Å². The van der Waals surface area contributed by atoms with Crippen molar-refractivity contribution >= 4 is 40.8 Å². The minimum Gasteiger partial charge on any atom is -0.481 e. The summed E-state index contributed by atoms with van der Waals surface area (Å²) in [4.78, 5) is 19.9. The molecule has 0 saturated carbocycles. The van der Waals surface area contributed by atoms with Crippen LogP contribution in [0.25, 0.3) is 0 Å². The quantitative estimate of drug-likeness (QED) is 0.485. The first-order chi connectivity index (χ1) is 9.86. The molecule has 0 spiro atoms. The van der Waals surface area contributed by atoms with E-state index in [1.54, 1.807) is 0 Å². The summed E-state index contributed by atoms with van der Waals surface area (Å²) >= 11 is 0.931. The Bertz CT molecular complexity index is 435. The van der Waals surface area contributed by atoms with E-state index < -0.39 is 18.0 Å². The summed E-state index contributed by atoms with van der Waals surface area (Å²) in [6.07, 6.45) is 0.850. The van der Waals surface area contributed by atoms with Gasteiger partial charge in [-0.2, -0.15) is 0 Å². The molecule has 0 amide bonds. The van der Waals surface area contributed by atoms with Gasteiger partial charge in [-0.05, 0) is 6.42 Å². The molecule has 1 aromatic rings. The fourth-order valence-electron chi connectivity index (χ4n) is 1.19. The fourth-order valence-corrected chi connectivity index (χ4v) is 1.93. The first kappa shape index (κ1) is 19.8. The molecule has 1 unspecified atom stereocenters. The van der Waals surface area contributed by atoms with Crippen molar-refractivity contribution < 1.29 is 24.5 Å². The van der Waals surface area contributed by atoms with Crippen LogP contribution in [0.4, 0.5) is 0 Å². The van der Waals surface area contributed by atoms with E-state index in [-0.39, 0.29) is 12.8 Å². The van der Waals surface area contributed by atoms with Gasteiger partial charge in [-0.15, -0.1) is 0 Å². The van der Waals surface area contributed by atoms with E-state index in [4.69, 9.17) is 20.7 Å². The van der Waals surface area contributed by atoms with E-state index in [2.05, 4.69) is 19.1 Å². The third kappa shape index (κ3) is 11.2. The second-order valence-electron chi connectivity index (χ2n) is 4.29. The van der Waals surface area contributed by atoms with Crippen LogP contribution in [-0.4, -0.2) is 60.6 Å². The predicted molar refractivity (Wildman–Crippen MR) is 80.1 cm³/mol. The SMILES string of the molecule is CCCOc1cc[c]([Tl])cc1.NC(CCC(=O)O)C(=O)O. The molecule has 6 nitrogen and oxygen atoms in total. The van der Waals surface area contributed by atoms with Gasteiger partial charge in [0.1, 0.15) is 6.04 Å². The molecule has 1 atom stereocenters. The van der Waals surface area contributed by atoms with Crippen molar-refractivity contribution in [2.45, 2.75) is 32.2 Å². The van der Waals surface area contributed by atoms with Gasteiger partial charge in [0.25, 0.3) is 0 Å². The van der Waals surface area contributed by atoms with Gasteiger partial charge in [-0.25, -0.2) is 0 Å². The first-order valence-electron chi connectivity index (χ1n) is 6.55. The Hall–Kier alpha value is -1.16. The summed E-state index contributed by atoms with van der Waals surface area (Å²) in [6, 6.07) is 7.30. The van der Waals surface area contributed by atoms with Crippen LogP contribution in [0.5, 0.6) is 5.75 Å². The summed E-state index contributed by atoms with van der Waals surface area (Å²) in [6.45, 7) is 2.94. The molecule has 0 heterocycles. The van der Waals surface area contributed by atoms with Crippen molar-refractivity contribution in [2.24, 2.45) is 5.73 Å². The number of nitrogens with two attached hydrogens (primary N) is 1. The van der Waals surface area contributed by atoms with Gasteiger partial charge in [0.2, 0.25) is 0 Å². The van der Waals surface area contributed by atoms with Crippen molar-refractivity contribution in [3.05, 3.63) is 24.3 Å². The molecule has 114 valence electrons. The van der Waals surface area contributed by atoms with Crippen molar-refractivity contribution in [1.29, 1.82) is 0 Å². The second kappa shape index (κ2) is 11.5. The average molecular weight is 487 g/mol. The average Bonchev–Trinajstić information content (AvgIpc) is 2.44. The van der Waals surface area contributed by atoms with Gasteiger partial charge in [0.15, 0.2) is 0 Å². The van der Waals surface area contributed by atoms with Crippen molar-refractivity contribution in [3.8, 4) is 5.75 Å². The molecule has 4 N–H and O–H groups in total. The van der Waals surface area contributed by atoms with E-state index in [1.807, 2.05) is 12.1 Å². The molecule has 1 rings (SSSR count). The van der Waals surface area contributed by atoms with Crippen molar-refractivity contribution in [3.63, 3.8) is 0 Å². The molecule has 0 radical (unpaired) electrons. The summed E-state index contributed by atoms with van der Waals surface area (Å²) in [5.74, 6) is -1.20. The van der Waals surface area contributed by atoms with Gasteiger partial charge >= 0.3 is 95.5 Å². The monoisotopic (exact) mass is 487 g/mol. The van der Waals surface area contributed by atoms with Crippen LogP contribution < -0.4 is 13.6 Å². The Morgan fingerprint density at radius 1 is 1.29 bits per heavy atom. The van der Waals surface area contributed by atoms with Crippen molar-refractivity contribution in [1.82, 2.24) is 0 Å². The molecule has 0 fully saturated rings. The molecule has 1 aromatic carbocycles. The number of carboxylic acids is 2. The molecule has 0 aliphatic heterocycles. The van der Waals surface area contributed by atoms with Gasteiger partial charge < -0.3 is 15.9 Å². The molecule has 7 heteroatoms. The van der Waals surface area contributed by atoms with Crippen molar-refractivity contribution in [2.75, 3.05) is 6.61 Å². The van der Waals surface area contributed by atoms with E-state index in [0.717, 1.165) is 44.5 Å². The van der Waals surface area contributed by atoms with Gasteiger partial charge in [0, 0.05) is 6.42 Å². The maximum Gasteiger partial charge on any atom is 0.320 e. The Labute approximate surface area is 140 Å². The molecule has 0 aliphatic rings. The van der Waals surface area contributed by atoms with E-state index in [0.29, 0.717) is 0 Å². The molecular formula is C14H20NO5Tl. The van der Waals surface area contributed by atoms with Gasteiger partial charge in [0.05, 0.1) is 0 Å². The smallest absolute Gasteiger partial charge is 0.320 e. The Balaban J connectivity index is 0.000000384. The van der Waals surface area contributed by atoms with E-state index >= 15 is 0 Å². The minimum atomic E-state index is -1.17. The predicted octanol–water partition coefficient (Wildman–Crippen LogP) is 0.532. The van der Waals surface area contributed by atoms with Crippen LogP contribution in [0.3, 0.4) is 0 Å². The van der Waals surface area contributed by atoms with Crippen LogP contribution in [0.2, 0.25) is 0 Å². The Kier molecular flexibility index (Phi) is 10.9. The molecule has 0 saturated heterocycles. The van der Waals surface area contributed by atoms with Gasteiger partial charge in [-0.3, -0.25) is 9.59 Å². The van der Waals surface area contributed by atoms with E-state index in [9.17, 15) is 9.59 Å². The van der Waals surface area contributed by atoms with Crippen LogP contribution in [0, 0.1) is 0 Å². The maximum atomic E-state index is 9.99. The first-order valence-corrected chi connectivity index (χ1v) is 8.79. The molecule has 0 aromatic heterocycles. The number of carbonyl (C=O) groups is 2. The second-order valence-corrected chi connectivity index (χ2v) is 6.89. The zero-order valence-electron chi connectivity index (χ0n) is 12.0. The molecule has 0 bridgehead atoms. The van der Waals surface area contributed by atoms with Crippen LogP contribution in [0.15, 0.2) is 24.3 Å². The normalized spacial score (nSPS) is 10.9. The topological polar surface area (TPSA) is 110 Å². The Morgan fingerprint density at radius 3 is 2.29 bits per heavy atom. The van der Waals surface area contributed by atoms with Crippen LogP contribution in [0.1, 0.15) is 26.2 Å². The maximum absolute atomic E-state index is 9.99. The fraction of sp³-hybridized carbons (Fsp3) is 0.429. The van der Waals surface area contributed by atoms with Gasteiger partial charge in [-0.1, -0.05) is 0 Å².